The second-order valence-electron chi connectivity index (χ2n) is 7.34. The quantitative estimate of drug-likeness (QED) is 0.516. The first kappa shape index (κ1) is 19.7. The Labute approximate surface area is 176 Å². The monoisotopic (exact) mass is 409 g/mol. The van der Waals surface area contributed by atoms with Crippen LogP contribution in [0.1, 0.15) is 29.9 Å². The molecule has 0 bridgehead atoms. The van der Waals surface area contributed by atoms with Crippen LogP contribution < -0.4 is 15.4 Å². The van der Waals surface area contributed by atoms with E-state index in [9.17, 15) is 0 Å². The molecule has 1 aliphatic rings. The maximum absolute atomic E-state index is 5.66. The molecule has 4 rings (SSSR count). The van der Waals surface area contributed by atoms with Crippen LogP contribution in [0, 0.1) is 0 Å². The Morgan fingerprint density at radius 3 is 2.79 bits per heavy atom. The minimum Gasteiger partial charge on any atom is -0.497 e. The molecule has 5 nitrogen and oxygen atoms in total. The van der Waals surface area contributed by atoms with Crippen LogP contribution in [-0.4, -0.2) is 43.0 Å². The fourth-order valence-electron chi connectivity index (χ4n) is 3.89. The number of para-hydroxylation sites is 1. The Bertz CT molecular complexity index is 948. The van der Waals surface area contributed by atoms with E-state index in [1.807, 2.05) is 18.2 Å². The Kier molecular flexibility index (Phi) is 6.32. The van der Waals surface area contributed by atoms with E-state index in [-0.39, 0.29) is 12.0 Å². The van der Waals surface area contributed by atoms with Crippen molar-refractivity contribution in [2.45, 2.75) is 24.9 Å². The molecule has 0 spiro atoms. The summed E-state index contributed by atoms with van der Waals surface area (Å²) in [6.45, 7) is 2.31. The van der Waals surface area contributed by atoms with Gasteiger partial charge in [0.1, 0.15) is 5.75 Å². The molecular weight excluding hydrogens is 382 g/mol. The first-order valence-electron chi connectivity index (χ1n) is 10.1. The van der Waals surface area contributed by atoms with E-state index in [2.05, 4.69) is 52.1 Å². The lowest BCUT2D eigenvalue weighted by Crippen LogP contribution is -2.41. The van der Waals surface area contributed by atoms with Crippen LogP contribution in [0.25, 0.3) is 10.9 Å². The van der Waals surface area contributed by atoms with Gasteiger partial charge in [-0.25, -0.2) is 0 Å². The number of aromatic nitrogens is 1. The van der Waals surface area contributed by atoms with Gasteiger partial charge in [-0.15, -0.1) is 0 Å². The van der Waals surface area contributed by atoms with Crippen molar-refractivity contribution in [3.05, 3.63) is 65.9 Å². The molecule has 6 heteroatoms. The Morgan fingerprint density at radius 2 is 2.03 bits per heavy atom. The summed E-state index contributed by atoms with van der Waals surface area (Å²) in [4.78, 5) is 3.39. The number of thiocarbonyl (C=S) groups is 1. The van der Waals surface area contributed by atoms with Gasteiger partial charge in [0.25, 0.3) is 0 Å². The molecule has 1 aromatic heterocycles. The van der Waals surface area contributed by atoms with Crippen molar-refractivity contribution in [1.82, 2.24) is 15.6 Å². The number of ether oxygens (including phenoxy) is 2. The third kappa shape index (κ3) is 4.71. The SMILES string of the molecule is COc1ccc([C@H](CNC(=S)NC[C@H]2CCCO2)c2c[nH]c3ccccc23)cc1. The van der Waals surface area contributed by atoms with Gasteiger partial charge >= 0.3 is 0 Å². The standard InChI is InChI=1S/C23H27N3O2S/c1-27-17-10-8-16(9-11-17)20(21-15-24-22-7-3-2-6-19(21)22)14-26-23(29)25-13-18-5-4-12-28-18/h2-3,6-11,15,18,20,24H,4-5,12-14H2,1H3,(H2,25,26,29)/t18-,20+/m1/s1. The largest absolute Gasteiger partial charge is 0.497 e. The van der Waals surface area contributed by atoms with E-state index in [0.717, 1.165) is 37.3 Å². The number of rotatable bonds is 7. The smallest absolute Gasteiger partial charge is 0.166 e. The molecule has 0 radical (unpaired) electrons. The summed E-state index contributed by atoms with van der Waals surface area (Å²) in [6, 6.07) is 16.6. The number of fused-ring (bicyclic) bond motifs is 1. The van der Waals surface area contributed by atoms with Gasteiger partial charge in [-0.3, -0.25) is 0 Å². The normalized spacial score (nSPS) is 17.2. The van der Waals surface area contributed by atoms with E-state index >= 15 is 0 Å². The van der Waals surface area contributed by atoms with Gasteiger partial charge in [-0.05, 0) is 54.4 Å². The van der Waals surface area contributed by atoms with Crippen molar-refractivity contribution >= 4 is 28.2 Å². The summed E-state index contributed by atoms with van der Waals surface area (Å²) >= 11 is 5.52. The van der Waals surface area contributed by atoms with Gasteiger partial charge in [0.2, 0.25) is 0 Å². The van der Waals surface area contributed by atoms with Crippen LogP contribution in [-0.2, 0) is 4.74 Å². The highest BCUT2D eigenvalue weighted by atomic mass is 32.1. The fraction of sp³-hybridized carbons (Fsp3) is 0.348. The van der Waals surface area contributed by atoms with Crippen LogP contribution in [0.15, 0.2) is 54.7 Å². The summed E-state index contributed by atoms with van der Waals surface area (Å²) in [6.07, 6.45) is 4.59. The molecule has 29 heavy (non-hydrogen) atoms. The first-order valence-corrected chi connectivity index (χ1v) is 10.5. The number of aromatic amines is 1. The highest BCUT2D eigenvalue weighted by molar-refractivity contribution is 7.80. The average Bonchev–Trinajstić information content (AvgIpc) is 3.43. The molecule has 0 amide bonds. The van der Waals surface area contributed by atoms with Crippen molar-refractivity contribution in [3.8, 4) is 5.75 Å². The zero-order valence-electron chi connectivity index (χ0n) is 16.6. The zero-order valence-corrected chi connectivity index (χ0v) is 17.4. The second kappa shape index (κ2) is 9.29. The minimum atomic E-state index is 0.152. The predicted octanol–water partition coefficient (Wildman–Crippen LogP) is 3.95. The van der Waals surface area contributed by atoms with Crippen LogP contribution >= 0.6 is 12.2 Å². The van der Waals surface area contributed by atoms with Crippen LogP contribution in [0.4, 0.5) is 0 Å². The van der Waals surface area contributed by atoms with E-state index < -0.39 is 0 Å². The van der Waals surface area contributed by atoms with Crippen LogP contribution in [0.3, 0.4) is 0 Å². The van der Waals surface area contributed by atoms with Gasteiger partial charge in [-0.2, -0.15) is 0 Å². The van der Waals surface area contributed by atoms with Crippen molar-refractivity contribution in [2.75, 3.05) is 26.8 Å². The summed E-state index contributed by atoms with van der Waals surface area (Å²) in [7, 11) is 1.69. The van der Waals surface area contributed by atoms with Gasteiger partial charge in [0.05, 0.1) is 13.2 Å². The molecule has 3 N–H and O–H groups in total. The minimum absolute atomic E-state index is 0.152. The summed E-state index contributed by atoms with van der Waals surface area (Å²) < 4.78 is 11.0. The summed E-state index contributed by atoms with van der Waals surface area (Å²) in [5.74, 6) is 1.01. The molecule has 1 aliphatic heterocycles. The van der Waals surface area contributed by atoms with E-state index in [1.165, 1.54) is 16.5 Å². The molecular formula is C23H27N3O2S. The molecule has 2 atom stereocenters. The van der Waals surface area contributed by atoms with E-state index in [0.29, 0.717) is 11.7 Å². The van der Waals surface area contributed by atoms with Crippen molar-refractivity contribution < 1.29 is 9.47 Å². The maximum atomic E-state index is 5.66. The molecule has 0 aliphatic carbocycles. The molecule has 1 saturated heterocycles. The van der Waals surface area contributed by atoms with Crippen molar-refractivity contribution in [2.24, 2.45) is 0 Å². The molecule has 2 aromatic carbocycles. The highest BCUT2D eigenvalue weighted by Gasteiger charge is 2.19. The number of H-pyrrole nitrogens is 1. The Balaban J connectivity index is 1.50. The predicted molar refractivity (Wildman–Crippen MR) is 121 cm³/mol. The number of nitrogens with one attached hydrogen (secondary N) is 3. The lowest BCUT2D eigenvalue weighted by molar-refractivity contribution is 0.114. The first-order chi connectivity index (χ1) is 14.2. The van der Waals surface area contributed by atoms with Gasteiger partial charge in [-0.1, -0.05) is 30.3 Å². The van der Waals surface area contributed by atoms with E-state index in [4.69, 9.17) is 21.7 Å². The van der Waals surface area contributed by atoms with Crippen molar-refractivity contribution in [1.29, 1.82) is 0 Å². The molecule has 152 valence electrons. The number of hydrogen-bond donors (Lipinski definition) is 3. The van der Waals surface area contributed by atoms with Gasteiger partial charge in [0.15, 0.2) is 5.11 Å². The van der Waals surface area contributed by atoms with Crippen LogP contribution in [0.2, 0.25) is 0 Å². The Morgan fingerprint density at radius 1 is 1.21 bits per heavy atom. The lowest BCUT2D eigenvalue weighted by Gasteiger charge is -2.20. The maximum Gasteiger partial charge on any atom is 0.166 e. The van der Waals surface area contributed by atoms with Gasteiger partial charge in [0, 0.05) is 42.7 Å². The fourth-order valence-corrected chi connectivity index (χ4v) is 4.06. The zero-order chi connectivity index (χ0) is 20.1. The average molecular weight is 410 g/mol. The lowest BCUT2D eigenvalue weighted by atomic mass is 9.91. The van der Waals surface area contributed by atoms with Crippen molar-refractivity contribution in [3.63, 3.8) is 0 Å². The van der Waals surface area contributed by atoms with E-state index in [1.54, 1.807) is 7.11 Å². The number of methoxy groups -OCH3 is 1. The van der Waals surface area contributed by atoms with Gasteiger partial charge < -0.3 is 25.1 Å². The number of benzene rings is 2. The third-order valence-electron chi connectivity index (χ3n) is 5.50. The molecule has 0 saturated carbocycles. The molecule has 0 unspecified atom stereocenters. The molecule has 3 aromatic rings. The topological polar surface area (TPSA) is 58.3 Å². The highest BCUT2D eigenvalue weighted by Crippen LogP contribution is 2.31. The number of hydrogen-bond acceptors (Lipinski definition) is 3. The summed E-state index contributed by atoms with van der Waals surface area (Å²) in [5.41, 5.74) is 3.60. The second-order valence-corrected chi connectivity index (χ2v) is 7.75. The Hall–Kier alpha value is -2.57. The molecule has 2 heterocycles. The summed E-state index contributed by atoms with van der Waals surface area (Å²) in [5, 5.41) is 8.60. The molecule has 1 fully saturated rings. The van der Waals surface area contributed by atoms with Crippen LogP contribution in [0.5, 0.6) is 5.75 Å². The third-order valence-corrected chi connectivity index (χ3v) is 5.78.